The van der Waals surface area contributed by atoms with E-state index in [1.165, 1.54) is 0 Å². The number of hydrogen-bond donors (Lipinski definition) is 1. The monoisotopic (exact) mass is 483 g/mol. The number of nitrogens with zero attached hydrogens (tertiary/aromatic N) is 4. The number of aromatic nitrogens is 2. The van der Waals surface area contributed by atoms with Crippen LogP contribution in [0.2, 0.25) is 5.15 Å². The number of Topliss-reactive ketones (excluding diaryl/α,β-unsaturated/α-hetero) is 1. The minimum Gasteiger partial charge on any atom is -0.384 e. The molecule has 0 saturated carbocycles. The maximum Gasteiger partial charge on any atom is 0.162 e. The molecule has 0 spiro atoms. The van der Waals surface area contributed by atoms with Crippen LogP contribution in [0.15, 0.2) is 83.3 Å². The molecule has 2 aliphatic rings. The predicted octanol–water partition coefficient (Wildman–Crippen LogP) is 5.78. The molecule has 35 heavy (non-hydrogen) atoms. The predicted molar refractivity (Wildman–Crippen MR) is 137 cm³/mol. The van der Waals surface area contributed by atoms with Gasteiger partial charge in [0, 0.05) is 28.9 Å². The number of anilines is 1. The van der Waals surface area contributed by atoms with Crippen LogP contribution in [0.5, 0.6) is 0 Å². The van der Waals surface area contributed by atoms with Gasteiger partial charge in [-0.1, -0.05) is 61.8 Å². The summed E-state index contributed by atoms with van der Waals surface area (Å²) in [6, 6.07) is 21.5. The van der Waals surface area contributed by atoms with E-state index in [0.29, 0.717) is 46.2 Å². The van der Waals surface area contributed by atoms with Crippen molar-refractivity contribution in [1.82, 2.24) is 9.78 Å². The lowest BCUT2D eigenvalue weighted by Gasteiger charge is -2.43. The molecule has 1 unspecified atom stereocenters. The average Bonchev–Trinajstić information content (AvgIpc) is 3.12. The fourth-order valence-corrected chi connectivity index (χ4v) is 5.63. The molecule has 2 aromatic carbocycles. The van der Waals surface area contributed by atoms with Gasteiger partial charge in [-0.3, -0.25) is 9.69 Å². The second-order valence-corrected chi connectivity index (χ2v) is 10.2. The summed E-state index contributed by atoms with van der Waals surface area (Å²) in [7, 11) is 0. The Balaban J connectivity index is 1.78. The van der Waals surface area contributed by atoms with E-state index in [2.05, 4.69) is 25.0 Å². The van der Waals surface area contributed by atoms with E-state index in [1.54, 1.807) is 4.68 Å². The molecule has 2 N–H and O–H groups in total. The number of nitriles is 1. The molecule has 1 aromatic heterocycles. The fourth-order valence-electron chi connectivity index (χ4n) is 5.25. The summed E-state index contributed by atoms with van der Waals surface area (Å²) in [6.07, 6.45) is 1.02. The van der Waals surface area contributed by atoms with Crippen molar-refractivity contribution in [2.75, 3.05) is 4.90 Å². The summed E-state index contributed by atoms with van der Waals surface area (Å²) in [6.45, 7) is 6.02. The van der Waals surface area contributed by atoms with Crippen LogP contribution in [-0.2, 0) is 4.79 Å². The minimum absolute atomic E-state index is 0.00496. The number of allylic oxidation sites excluding steroid dienone is 3. The summed E-state index contributed by atoms with van der Waals surface area (Å²) < 4.78 is 1.65. The summed E-state index contributed by atoms with van der Waals surface area (Å²) in [4.78, 5) is 15.6. The lowest BCUT2D eigenvalue weighted by molar-refractivity contribution is -0.118. The first-order valence-electron chi connectivity index (χ1n) is 11.5. The first-order valence-corrected chi connectivity index (χ1v) is 11.9. The number of para-hydroxylation sites is 2. The molecule has 0 saturated heterocycles. The van der Waals surface area contributed by atoms with Gasteiger partial charge in [0.25, 0.3) is 0 Å². The molecule has 176 valence electrons. The lowest BCUT2D eigenvalue weighted by Crippen LogP contribution is -2.42. The molecule has 7 heteroatoms. The third kappa shape index (κ3) is 3.73. The quantitative estimate of drug-likeness (QED) is 0.510. The number of nitrogens with two attached hydrogens (primary N) is 1. The number of benzene rings is 2. The molecule has 0 fully saturated rings. The zero-order chi connectivity index (χ0) is 24.9. The van der Waals surface area contributed by atoms with Crippen molar-refractivity contribution in [2.45, 2.75) is 39.5 Å². The second kappa shape index (κ2) is 8.44. The van der Waals surface area contributed by atoms with Crippen molar-refractivity contribution in [3.63, 3.8) is 0 Å². The van der Waals surface area contributed by atoms with Crippen molar-refractivity contribution in [2.24, 2.45) is 11.1 Å². The van der Waals surface area contributed by atoms with Crippen LogP contribution in [-0.4, -0.2) is 15.6 Å². The Labute approximate surface area is 209 Å². The highest BCUT2D eigenvalue weighted by Gasteiger charge is 2.46. The second-order valence-electron chi connectivity index (χ2n) is 9.85. The normalized spacial score (nSPS) is 19.6. The molecule has 5 rings (SSSR count). The van der Waals surface area contributed by atoms with Crippen molar-refractivity contribution in [1.29, 1.82) is 5.26 Å². The Bertz CT molecular complexity index is 1430. The van der Waals surface area contributed by atoms with Crippen LogP contribution >= 0.6 is 11.6 Å². The standard InChI is InChI=1S/C28H26ClN5O/c1-17-23(26(29)34(32-17)19-12-8-5-9-13-19)24-20(16-30)27(31)33(18-10-6-4-7-11-18)21-14-28(2,3)15-22(35)25(21)24/h4-13,24H,14-15,31H2,1-3H3. The van der Waals surface area contributed by atoms with E-state index in [9.17, 15) is 10.1 Å². The number of aryl methyl sites for hydroxylation is 1. The Morgan fingerprint density at radius 3 is 2.26 bits per heavy atom. The van der Waals surface area contributed by atoms with Crippen LogP contribution in [0.3, 0.4) is 0 Å². The molecule has 0 bridgehead atoms. The summed E-state index contributed by atoms with van der Waals surface area (Å²) in [5.41, 5.74) is 11.1. The first-order chi connectivity index (χ1) is 16.7. The van der Waals surface area contributed by atoms with Crippen LogP contribution in [0.25, 0.3) is 5.69 Å². The Morgan fingerprint density at radius 1 is 1.06 bits per heavy atom. The zero-order valence-corrected chi connectivity index (χ0v) is 20.7. The summed E-state index contributed by atoms with van der Waals surface area (Å²) in [5, 5.41) is 15.4. The first kappa shape index (κ1) is 22.9. The number of ketones is 1. The molecule has 6 nitrogen and oxygen atoms in total. The van der Waals surface area contributed by atoms with Gasteiger partial charge in [0.15, 0.2) is 5.78 Å². The molecule has 0 radical (unpaired) electrons. The van der Waals surface area contributed by atoms with Crippen LogP contribution in [0.1, 0.15) is 43.9 Å². The highest BCUT2D eigenvalue weighted by Crippen LogP contribution is 2.51. The van der Waals surface area contributed by atoms with Gasteiger partial charge in [-0.25, -0.2) is 4.68 Å². The number of hydrogen-bond acceptors (Lipinski definition) is 5. The number of halogens is 1. The molecule has 0 amide bonds. The van der Waals surface area contributed by atoms with Crippen molar-refractivity contribution < 1.29 is 4.79 Å². The van der Waals surface area contributed by atoms with Crippen LogP contribution in [0, 0.1) is 23.7 Å². The van der Waals surface area contributed by atoms with E-state index in [4.69, 9.17) is 17.3 Å². The van der Waals surface area contributed by atoms with Crippen molar-refractivity contribution >= 4 is 23.1 Å². The Morgan fingerprint density at radius 2 is 1.66 bits per heavy atom. The fraction of sp³-hybridized carbons (Fsp3) is 0.250. The van der Waals surface area contributed by atoms with Gasteiger partial charge in [0.1, 0.15) is 11.0 Å². The Hall–Kier alpha value is -3.82. The van der Waals surface area contributed by atoms with Gasteiger partial charge in [-0.15, -0.1) is 0 Å². The van der Waals surface area contributed by atoms with Gasteiger partial charge in [-0.2, -0.15) is 10.4 Å². The number of rotatable bonds is 3. The number of carbonyl (C=O) groups is 1. The Kier molecular flexibility index (Phi) is 5.53. The molecule has 1 aliphatic heterocycles. The van der Waals surface area contributed by atoms with E-state index in [-0.39, 0.29) is 11.2 Å². The van der Waals surface area contributed by atoms with E-state index in [1.807, 2.05) is 72.5 Å². The molecule has 2 heterocycles. The topological polar surface area (TPSA) is 87.9 Å². The van der Waals surface area contributed by atoms with Crippen molar-refractivity contribution in [3.8, 4) is 11.8 Å². The smallest absolute Gasteiger partial charge is 0.162 e. The van der Waals surface area contributed by atoms with Crippen LogP contribution in [0.4, 0.5) is 5.69 Å². The van der Waals surface area contributed by atoms with E-state index in [0.717, 1.165) is 17.1 Å². The maximum absolute atomic E-state index is 13.7. The van der Waals surface area contributed by atoms with Gasteiger partial charge in [-0.05, 0) is 43.0 Å². The lowest BCUT2D eigenvalue weighted by atomic mass is 9.68. The average molecular weight is 484 g/mol. The third-order valence-corrected chi connectivity index (χ3v) is 7.10. The minimum atomic E-state index is -0.677. The SMILES string of the molecule is Cc1nn(-c2ccccc2)c(Cl)c1C1C(C#N)=C(N)N(c2ccccc2)C2=C1C(=O)CC(C)(C)C2. The van der Waals surface area contributed by atoms with Gasteiger partial charge in [0.2, 0.25) is 0 Å². The highest BCUT2D eigenvalue weighted by molar-refractivity contribution is 6.31. The molecule has 1 atom stereocenters. The van der Waals surface area contributed by atoms with Crippen LogP contribution < -0.4 is 10.6 Å². The van der Waals surface area contributed by atoms with Gasteiger partial charge >= 0.3 is 0 Å². The zero-order valence-electron chi connectivity index (χ0n) is 19.9. The highest BCUT2D eigenvalue weighted by atomic mass is 35.5. The summed E-state index contributed by atoms with van der Waals surface area (Å²) in [5.74, 6) is -0.357. The third-order valence-electron chi connectivity index (χ3n) is 6.73. The van der Waals surface area contributed by atoms with E-state index >= 15 is 0 Å². The number of carbonyl (C=O) groups excluding carboxylic acids is 1. The van der Waals surface area contributed by atoms with E-state index < -0.39 is 5.92 Å². The van der Waals surface area contributed by atoms with Gasteiger partial charge in [0.05, 0.1) is 28.9 Å². The summed E-state index contributed by atoms with van der Waals surface area (Å²) >= 11 is 6.94. The maximum atomic E-state index is 13.7. The van der Waals surface area contributed by atoms with Gasteiger partial charge < -0.3 is 5.73 Å². The van der Waals surface area contributed by atoms with Crippen molar-refractivity contribution in [3.05, 3.63) is 99.7 Å². The molecule has 1 aliphatic carbocycles. The largest absolute Gasteiger partial charge is 0.384 e. The molecular formula is C28H26ClN5O. The molecule has 3 aromatic rings. The molecular weight excluding hydrogens is 458 g/mol.